The first kappa shape index (κ1) is 28.7. The zero-order chi connectivity index (χ0) is 30.7. The van der Waals surface area contributed by atoms with Crippen molar-refractivity contribution in [2.24, 2.45) is 21.5 Å². The molecular weight excluding hydrogens is 550 g/mol. The number of aromatic nitrogens is 1. The van der Waals surface area contributed by atoms with Crippen LogP contribution in [-0.4, -0.2) is 88.3 Å². The Kier molecular flexibility index (Phi) is 6.95. The molecule has 13 nitrogen and oxygen atoms in total. The number of aliphatic hydroxyl groups excluding tert-OH is 1. The van der Waals surface area contributed by atoms with Gasteiger partial charge >= 0.3 is 0 Å². The Bertz CT molecular complexity index is 1510. The Balaban J connectivity index is 1.20. The minimum absolute atomic E-state index is 0.0822. The lowest BCUT2D eigenvalue weighted by Crippen LogP contribution is -2.73. The number of aliphatic imine (C=N–C) groups is 2. The number of aliphatic hydroxyl groups is 1. The maximum Gasteiger partial charge on any atom is 0.269 e. The number of rotatable bonds is 6. The van der Waals surface area contributed by atoms with Crippen molar-refractivity contribution in [1.29, 1.82) is 0 Å². The third-order valence-electron chi connectivity index (χ3n) is 9.09. The lowest BCUT2D eigenvalue weighted by molar-refractivity contribution is 0.0143. The van der Waals surface area contributed by atoms with Crippen molar-refractivity contribution in [2.75, 3.05) is 19.7 Å². The average Bonchev–Trinajstić information content (AvgIpc) is 3.47. The number of nitrogens with one attached hydrogen (secondary N) is 3. The van der Waals surface area contributed by atoms with E-state index in [0.29, 0.717) is 23.8 Å². The molecule has 1 spiro atoms. The number of fused-ring (bicyclic) bond motifs is 1. The van der Waals surface area contributed by atoms with E-state index in [-0.39, 0.29) is 47.9 Å². The van der Waals surface area contributed by atoms with Gasteiger partial charge in [-0.3, -0.25) is 14.6 Å². The van der Waals surface area contributed by atoms with Gasteiger partial charge in [0.05, 0.1) is 24.3 Å². The summed E-state index contributed by atoms with van der Waals surface area (Å²) in [6, 6.07) is 7.05. The maximum atomic E-state index is 13.6. The molecule has 43 heavy (non-hydrogen) atoms. The molecule has 4 aliphatic rings. The molecule has 1 saturated heterocycles. The fraction of sp³-hybridized carbons (Fsp3) is 0.500. The summed E-state index contributed by atoms with van der Waals surface area (Å²) < 4.78 is 5.95. The molecule has 0 radical (unpaired) electrons. The van der Waals surface area contributed by atoms with Gasteiger partial charge in [0.15, 0.2) is 17.6 Å². The van der Waals surface area contributed by atoms with E-state index in [0.717, 1.165) is 17.5 Å². The highest BCUT2D eigenvalue weighted by Crippen LogP contribution is 2.42. The molecule has 8 N–H and O–H groups in total. The SMILES string of the molecule is CC(C)c1ccc(C(=O)NC[C@@H]2N=C(N)N3CC(NC(=O)c4cccc5c4OCCC5(C)C)[C@@H](O)[C@@]34NC(N)=N[C@@H]24)nc1. The number of benzene rings is 1. The highest BCUT2D eigenvalue weighted by Gasteiger charge is 2.65. The van der Waals surface area contributed by atoms with Crippen LogP contribution in [0.5, 0.6) is 5.75 Å². The molecule has 1 aromatic heterocycles. The van der Waals surface area contributed by atoms with E-state index in [2.05, 4.69) is 58.6 Å². The molecule has 2 amide bonds. The van der Waals surface area contributed by atoms with E-state index in [4.69, 9.17) is 16.2 Å². The lowest BCUT2D eigenvalue weighted by atomic mass is 9.79. The second-order valence-corrected chi connectivity index (χ2v) is 12.6. The third kappa shape index (κ3) is 4.71. The summed E-state index contributed by atoms with van der Waals surface area (Å²) in [6.07, 6.45) is 1.37. The van der Waals surface area contributed by atoms with Gasteiger partial charge in [0.1, 0.15) is 23.6 Å². The molecule has 1 unspecified atom stereocenters. The van der Waals surface area contributed by atoms with E-state index in [1.807, 2.05) is 18.2 Å². The Morgan fingerprint density at radius 2 is 1.98 bits per heavy atom. The molecule has 5 heterocycles. The number of carbonyl (C=O) groups excluding carboxylic acids is 2. The molecule has 4 aliphatic heterocycles. The van der Waals surface area contributed by atoms with Crippen LogP contribution >= 0.6 is 0 Å². The smallest absolute Gasteiger partial charge is 0.269 e. The number of nitrogens with two attached hydrogens (primary N) is 2. The minimum atomic E-state index is -1.25. The topological polar surface area (TPSA) is 193 Å². The number of nitrogens with zero attached hydrogens (tertiary/aromatic N) is 4. The van der Waals surface area contributed by atoms with Crippen molar-refractivity contribution in [2.45, 2.75) is 75.3 Å². The predicted octanol–water partition coefficient (Wildman–Crippen LogP) is 0.150. The standard InChI is InChI=1S/C30H39N9O4/c1-15(2)16-8-9-19(33-12-16)26(42)34-13-20-23-30(38-27(31)37-23)24(40)21(14-39(30)28(32)36-20)35-25(41)17-6-5-7-18-22(17)43-11-10-29(18,3)4/h5-9,12,15,20-21,23-24,40H,10-11,13-14H2,1-4H3,(H2,32,36)(H,34,42)(H,35,41)(H3,31,37,38)/t20-,21?,23-,24+,30-/m0/s1. The molecule has 13 heteroatoms. The first-order valence-corrected chi connectivity index (χ1v) is 14.6. The Morgan fingerprint density at radius 1 is 1.19 bits per heavy atom. The molecule has 1 fully saturated rings. The van der Waals surface area contributed by atoms with E-state index in [1.165, 1.54) is 0 Å². The van der Waals surface area contributed by atoms with Crippen LogP contribution in [0.3, 0.4) is 0 Å². The molecule has 0 bridgehead atoms. The van der Waals surface area contributed by atoms with Gasteiger partial charge in [0.2, 0.25) is 0 Å². The van der Waals surface area contributed by atoms with Crippen LogP contribution in [-0.2, 0) is 5.41 Å². The molecule has 5 atom stereocenters. The van der Waals surface area contributed by atoms with Crippen LogP contribution in [0.4, 0.5) is 0 Å². The average molecular weight is 590 g/mol. The molecule has 2 aromatic rings. The van der Waals surface area contributed by atoms with Gasteiger partial charge in [-0.1, -0.05) is 45.9 Å². The summed E-state index contributed by atoms with van der Waals surface area (Å²) >= 11 is 0. The first-order chi connectivity index (χ1) is 20.4. The highest BCUT2D eigenvalue weighted by atomic mass is 16.5. The predicted molar refractivity (Wildman–Crippen MR) is 161 cm³/mol. The summed E-state index contributed by atoms with van der Waals surface area (Å²) in [4.78, 5) is 41.7. The van der Waals surface area contributed by atoms with E-state index >= 15 is 0 Å². The Labute approximate surface area is 250 Å². The fourth-order valence-corrected chi connectivity index (χ4v) is 6.57. The van der Waals surface area contributed by atoms with Crippen LogP contribution < -0.4 is 32.2 Å². The monoisotopic (exact) mass is 589 g/mol. The molecule has 6 rings (SSSR count). The summed E-state index contributed by atoms with van der Waals surface area (Å²) in [5.41, 5.74) is 13.9. The molecule has 1 aromatic carbocycles. The molecule has 228 valence electrons. The largest absolute Gasteiger partial charge is 0.492 e. The number of hydrogen-bond donors (Lipinski definition) is 6. The summed E-state index contributed by atoms with van der Waals surface area (Å²) in [5.74, 6) is 0.387. The van der Waals surface area contributed by atoms with Crippen LogP contribution in [0, 0.1) is 0 Å². The van der Waals surface area contributed by atoms with Crippen molar-refractivity contribution in [3.05, 3.63) is 58.9 Å². The van der Waals surface area contributed by atoms with Crippen molar-refractivity contribution < 1.29 is 19.4 Å². The van der Waals surface area contributed by atoms with Gasteiger partial charge in [-0.25, -0.2) is 9.98 Å². The lowest BCUT2D eigenvalue weighted by Gasteiger charge is -2.46. The number of carbonyl (C=O) groups is 2. The van der Waals surface area contributed by atoms with E-state index in [1.54, 1.807) is 23.2 Å². The van der Waals surface area contributed by atoms with Gasteiger partial charge < -0.3 is 42.2 Å². The number of guanidine groups is 2. The molecule has 0 saturated carbocycles. The normalized spacial score (nSPS) is 28.5. The molecular formula is C30H39N9O4. The van der Waals surface area contributed by atoms with Crippen LogP contribution in [0.25, 0.3) is 0 Å². The van der Waals surface area contributed by atoms with Crippen LogP contribution in [0.2, 0.25) is 0 Å². The Morgan fingerprint density at radius 3 is 2.70 bits per heavy atom. The van der Waals surface area contributed by atoms with Gasteiger partial charge in [-0.05, 0) is 35.4 Å². The van der Waals surface area contributed by atoms with Crippen molar-refractivity contribution in [3.8, 4) is 5.75 Å². The van der Waals surface area contributed by atoms with Crippen LogP contribution in [0.1, 0.15) is 72.0 Å². The van der Waals surface area contributed by atoms with Crippen LogP contribution in [0.15, 0.2) is 46.5 Å². The number of para-hydroxylation sites is 1. The number of pyridine rings is 1. The van der Waals surface area contributed by atoms with Crippen molar-refractivity contribution in [3.63, 3.8) is 0 Å². The number of ether oxygens (including phenoxy) is 1. The highest BCUT2D eigenvalue weighted by molar-refractivity contribution is 5.98. The fourth-order valence-electron chi connectivity index (χ4n) is 6.57. The first-order valence-electron chi connectivity index (χ1n) is 14.6. The molecule has 0 aliphatic carbocycles. The zero-order valence-corrected chi connectivity index (χ0v) is 24.8. The summed E-state index contributed by atoms with van der Waals surface area (Å²) in [7, 11) is 0. The second-order valence-electron chi connectivity index (χ2n) is 12.6. The number of amides is 2. The summed E-state index contributed by atoms with van der Waals surface area (Å²) in [5, 5.41) is 20.7. The Hall–Kier alpha value is -4.39. The third-order valence-corrected chi connectivity index (χ3v) is 9.09. The zero-order valence-electron chi connectivity index (χ0n) is 24.8. The van der Waals surface area contributed by atoms with Crippen molar-refractivity contribution in [1.82, 2.24) is 25.8 Å². The van der Waals surface area contributed by atoms with Gasteiger partial charge in [0, 0.05) is 24.8 Å². The number of hydrogen-bond acceptors (Lipinski definition) is 11. The maximum absolute atomic E-state index is 13.6. The van der Waals surface area contributed by atoms with Gasteiger partial charge in [0.25, 0.3) is 11.8 Å². The van der Waals surface area contributed by atoms with Crippen molar-refractivity contribution >= 4 is 23.7 Å². The van der Waals surface area contributed by atoms with Gasteiger partial charge in [-0.15, -0.1) is 0 Å². The van der Waals surface area contributed by atoms with Gasteiger partial charge in [-0.2, -0.15) is 0 Å². The second kappa shape index (κ2) is 10.4. The quantitative estimate of drug-likeness (QED) is 0.272. The minimum Gasteiger partial charge on any atom is -0.492 e. The van der Waals surface area contributed by atoms with E-state index in [9.17, 15) is 14.7 Å². The van der Waals surface area contributed by atoms with E-state index < -0.39 is 29.9 Å². The summed E-state index contributed by atoms with van der Waals surface area (Å²) in [6.45, 7) is 9.13.